The van der Waals surface area contributed by atoms with Crippen LogP contribution >= 0.6 is 0 Å². The van der Waals surface area contributed by atoms with E-state index in [0.29, 0.717) is 19.7 Å². The predicted octanol–water partition coefficient (Wildman–Crippen LogP) is 0.278. The Balaban J connectivity index is 2.49. The number of hydrogen-bond donors (Lipinski definition) is 1. The lowest BCUT2D eigenvalue weighted by molar-refractivity contribution is -0.146. The second kappa shape index (κ2) is 8.12. The molecule has 0 radical (unpaired) electrons. The molecule has 1 saturated heterocycles. The maximum atomic E-state index is 12.3. The van der Waals surface area contributed by atoms with Crippen LogP contribution in [0.2, 0.25) is 0 Å². The largest absolute Gasteiger partial charge is 0.480 e. The summed E-state index contributed by atoms with van der Waals surface area (Å²) in [6.45, 7) is 5.07. The van der Waals surface area contributed by atoms with Crippen LogP contribution < -0.4 is 0 Å². The number of hydrogen-bond acceptors (Lipinski definition) is 4. The fraction of sp³-hybridized carbons (Fsp3) is 0.846. The Morgan fingerprint density at radius 1 is 1.37 bits per heavy atom. The number of carbonyl (C=O) groups is 2. The van der Waals surface area contributed by atoms with Gasteiger partial charge in [0.2, 0.25) is 5.91 Å². The number of aliphatic carboxylic acids is 1. The Morgan fingerprint density at radius 2 is 2.00 bits per heavy atom. The molecule has 1 amide bonds. The summed E-state index contributed by atoms with van der Waals surface area (Å²) < 4.78 is 4.92. The lowest BCUT2D eigenvalue weighted by Crippen LogP contribution is -2.43. The van der Waals surface area contributed by atoms with Crippen molar-refractivity contribution >= 4 is 11.9 Å². The van der Waals surface area contributed by atoms with E-state index < -0.39 is 5.97 Å². The number of methoxy groups -OCH3 is 1. The third-order valence-electron chi connectivity index (χ3n) is 3.36. The molecule has 6 nitrogen and oxygen atoms in total. The molecule has 1 aliphatic rings. The summed E-state index contributed by atoms with van der Waals surface area (Å²) in [4.78, 5) is 26.7. The van der Waals surface area contributed by atoms with Gasteiger partial charge in [-0.25, -0.2) is 0 Å². The van der Waals surface area contributed by atoms with Gasteiger partial charge in [-0.2, -0.15) is 0 Å². The Labute approximate surface area is 114 Å². The molecule has 1 unspecified atom stereocenters. The van der Waals surface area contributed by atoms with Gasteiger partial charge in [-0.15, -0.1) is 0 Å². The maximum absolute atomic E-state index is 12.3. The molecule has 0 aliphatic carbocycles. The van der Waals surface area contributed by atoms with Gasteiger partial charge in [0, 0.05) is 26.1 Å². The van der Waals surface area contributed by atoms with Crippen LogP contribution in [-0.4, -0.2) is 73.2 Å². The molecule has 1 atom stereocenters. The highest BCUT2D eigenvalue weighted by Gasteiger charge is 2.25. The number of carboxylic acid groups (broad SMARTS) is 1. The molecule has 0 spiro atoms. The van der Waals surface area contributed by atoms with E-state index in [1.807, 2.05) is 6.92 Å². The molecule has 1 fully saturated rings. The number of likely N-dealkylation sites (tertiary alicyclic amines) is 1. The van der Waals surface area contributed by atoms with Gasteiger partial charge in [0.15, 0.2) is 0 Å². The van der Waals surface area contributed by atoms with Crippen molar-refractivity contribution in [3.05, 3.63) is 0 Å². The zero-order valence-electron chi connectivity index (χ0n) is 11.8. The van der Waals surface area contributed by atoms with Crippen LogP contribution in [0.3, 0.4) is 0 Å². The first-order valence-corrected chi connectivity index (χ1v) is 6.76. The average molecular weight is 272 g/mol. The fourth-order valence-electron chi connectivity index (χ4n) is 2.37. The molecule has 0 aromatic heterocycles. The van der Waals surface area contributed by atoms with E-state index in [0.717, 1.165) is 13.1 Å². The van der Waals surface area contributed by atoms with Gasteiger partial charge in [0.25, 0.3) is 0 Å². The highest BCUT2D eigenvalue weighted by Crippen LogP contribution is 2.12. The van der Waals surface area contributed by atoms with Crippen molar-refractivity contribution in [3.8, 4) is 0 Å². The van der Waals surface area contributed by atoms with Crippen molar-refractivity contribution in [1.82, 2.24) is 9.80 Å². The molecule has 1 rings (SSSR count). The highest BCUT2D eigenvalue weighted by atomic mass is 16.5. The van der Waals surface area contributed by atoms with E-state index in [4.69, 9.17) is 9.84 Å². The summed E-state index contributed by atoms with van der Waals surface area (Å²) in [7, 11) is 1.54. The van der Waals surface area contributed by atoms with Crippen molar-refractivity contribution in [1.29, 1.82) is 0 Å². The van der Waals surface area contributed by atoms with Crippen LogP contribution in [0.5, 0.6) is 0 Å². The number of carboxylic acids is 1. The van der Waals surface area contributed by atoms with Crippen molar-refractivity contribution < 1.29 is 19.4 Å². The third-order valence-corrected chi connectivity index (χ3v) is 3.36. The Hall–Kier alpha value is -1.14. The second-order valence-corrected chi connectivity index (χ2v) is 5.06. The molecule has 1 heterocycles. The third kappa shape index (κ3) is 5.57. The first-order valence-electron chi connectivity index (χ1n) is 6.76. The zero-order chi connectivity index (χ0) is 14.3. The molecule has 0 bridgehead atoms. The first-order chi connectivity index (χ1) is 9.04. The molecule has 110 valence electrons. The van der Waals surface area contributed by atoms with Gasteiger partial charge in [-0.3, -0.25) is 9.59 Å². The Morgan fingerprint density at radius 3 is 2.53 bits per heavy atom. The van der Waals surface area contributed by atoms with Crippen LogP contribution in [0.4, 0.5) is 0 Å². The van der Waals surface area contributed by atoms with E-state index in [9.17, 15) is 9.59 Å². The fourth-order valence-corrected chi connectivity index (χ4v) is 2.37. The van der Waals surface area contributed by atoms with Gasteiger partial charge in [0.05, 0.1) is 6.61 Å². The standard InChI is InChI=1S/C13H24N2O4/c1-11(9-14-5-3-4-6-14)13(18)15(7-8-19-2)10-12(16)17/h11H,3-10H2,1-2H3,(H,16,17). The van der Waals surface area contributed by atoms with Gasteiger partial charge in [-0.1, -0.05) is 6.92 Å². The number of carbonyl (C=O) groups excluding carboxylic acids is 1. The minimum atomic E-state index is -0.988. The van der Waals surface area contributed by atoms with E-state index in [-0.39, 0.29) is 18.4 Å². The SMILES string of the molecule is COCCN(CC(=O)O)C(=O)C(C)CN1CCCC1. The van der Waals surface area contributed by atoms with Gasteiger partial charge in [0.1, 0.15) is 6.54 Å². The maximum Gasteiger partial charge on any atom is 0.323 e. The van der Waals surface area contributed by atoms with Crippen molar-refractivity contribution in [2.45, 2.75) is 19.8 Å². The molecular weight excluding hydrogens is 248 g/mol. The molecular formula is C13H24N2O4. The first kappa shape index (κ1) is 15.9. The number of amides is 1. The highest BCUT2D eigenvalue weighted by molar-refractivity contribution is 5.83. The quantitative estimate of drug-likeness (QED) is 0.687. The monoisotopic (exact) mass is 272 g/mol. The normalized spacial score (nSPS) is 17.4. The average Bonchev–Trinajstić information content (AvgIpc) is 2.85. The van der Waals surface area contributed by atoms with Crippen LogP contribution in [0.25, 0.3) is 0 Å². The molecule has 19 heavy (non-hydrogen) atoms. The van der Waals surface area contributed by atoms with Crippen molar-refractivity contribution in [2.75, 3.05) is 46.4 Å². The van der Waals surface area contributed by atoms with E-state index >= 15 is 0 Å². The zero-order valence-corrected chi connectivity index (χ0v) is 11.8. The summed E-state index contributed by atoms with van der Waals surface area (Å²) in [6.07, 6.45) is 2.37. The minimum Gasteiger partial charge on any atom is -0.480 e. The van der Waals surface area contributed by atoms with Crippen LogP contribution in [-0.2, 0) is 14.3 Å². The molecule has 0 saturated carbocycles. The number of nitrogens with zero attached hydrogens (tertiary/aromatic N) is 2. The molecule has 6 heteroatoms. The second-order valence-electron chi connectivity index (χ2n) is 5.06. The Kier molecular flexibility index (Phi) is 6.80. The summed E-state index contributed by atoms with van der Waals surface area (Å²) in [6, 6.07) is 0. The summed E-state index contributed by atoms with van der Waals surface area (Å²) >= 11 is 0. The van der Waals surface area contributed by atoms with Crippen molar-refractivity contribution in [2.24, 2.45) is 5.92 Å². The van der Waals surface area contributed by atoms with Gasteiger partial charge in [-0.05, 0) is 25.9 Å². The smallest absolute Gasteiger partial charge is 0.323 e. The molecule has 0 aromatic rings. The minimum absolute atomic E-state index is 0.105. The summed E-state index contributed by atoms with van der Waals surface area (Å²) in [5, 5.41) is 8.85. The number of ether oxygens (including phenoxy) is 1. The van der Waals surface area contributed by atoms with Crippen LogP contribution in [0.15, 0.2) is 0 Å². The lowest BCUT2D eigenvalue weighted by Gasteiger charge is -2.26. The topological polar surface area (TPSA) is 70.1 Å². The number of rotatable bonds is 8. The van der Waals surface area contributed by atoms with E-state index in [1.54, 1.807) is 0 Å². The summed E-state index contributed by atoms with van der Waals surface area (Å²) in [5.41, 5.74) is 0. The predicted molar refractivity (Wildman–Crippen MR) is 70.9 cm³/mol. The van der Waals surface area contributed by atoms with Gasteiger partial charge < -0.3 is 19.6 Å². The van der Waals surface area contributed by atoms with E-state index in [2.05, 4.69) is 4.90 Å². The van der Waals surface area contributed by atoms with Crippen LogP contribution in [0.1, 0.15) is 19.8 Å². The Bertz CT molecular complexity index is 303. The van der Waals surface area contributed by atoms with E-state index in [1.165, 1.54) is 24.9 Å². The molecule has 0 aromatic carbocycles. The lowest BCUT2D eigenvalue weighted by atomic mass is 10.1. The molecule has 1 aliphatic heterocycles. The van der Waals surface area contributed by atoms with Crippen LogP contribution in [0, 0.1) is 5.92 Å². The molecule has 1 N–H and O–H groups in total. The van der Waals surface area contributed by atoms with Crippen molar-refractivity contribution in [3.63, 3.8) is 0 Å². The summed E-state index contributed by atoms with van der Waals surface area (Å²) in [5.74, 6) is -1.27. The van der Waals surface area contributed by atoms with Gasteiger partial charge >= 0.3 is 5.97 Å².